The van der Waals surface area contributed by atoms with Crippen LogP contribution in [0.2, 0.25) is 5.02 Å². The van der Waals surface area contributed by atoms with E-state index in [2.05, 4.69) is 10.6 Å². The van der Waals surface area contributed by atoms with Crippen LogP contribution in [-0.4, -0.2) is 25.0 Å². The summed E-state index contributed by atoms with van der Waals surface area (Å²) >= 11 is 5.92. The van der Waals surface area contributed by atoms with E-state index in [0.717, 1.165) is 6.42 Å². The molecule has 0 aliphatic carbocycles. The zero-order valence-corrected chi connectivity index (χ0v) is 11.9. The van der Waals surface area contributed by atoms with Crippen molar-refractivity contribution >= 4 is 29.1 Å². The molecule has 5 nitrogen and oxygen atoms in total. The fourth-order valence-electron chi connectivity index (χ4n) is 1.32. The van der Waals surface area contributed by atoms with Crippen molar-refractivity contribution in [1.29, 1.82) is 0 Å². The number of rotatable bonds is 4. The number of hydrogen-bond acceptors (Lipinski definition) is 3. The van der Waals surface area contributed by atoms with Crippen LogP contribution in [0.4, 0.5) is 5.69 Å². The van der Waals surface area contributed by atoms with E-state index in [4.69, 9.17) is 16.3 Å². The first kappa shape index (κ1) is 15.3. The minimum absolute atomic E-state index is 0.0438. The molecule has 1 rings (SSSR count). The van der Waals surface area contributed by atoms with Crippen LogP contribution < -0.4 is 15.4 Å². The summed E-state index contributed by atoms with van der Waals surface area (Å²) in [5.41, 5.74) is 0.440. The molecule has 104 valence electrons. The second-order valence-corrected chi connectivity index (χ2v) is 4.49. The van der Waals surface area contributed by atoms with Gasteiger partial charge in [-0.2, -0.15) is 0 Å². The van der Waals surface area contributed by atoms with Crippen LogP contribution in [-0.2, 0) is 9.59 Å². The van der Waals surface area contributed by atoms with Gasteiger partial charge in [-0.1, -0.05) is 18.5 Å². The summed E-state index contributed by atoms with van der Waals surface area (Å²) in [7, 11) is 1.50. The van der Waals surface area contributed by atoms with Crippen LogP contribution in [0, 0.1) is 0 Å². The Balaban J connectivity index is 2.66. The predicted octanol–water partition coefficient (Wildman–Crippen LogP) is 2.20. The van der Waals surface area contributed by atoms with E-state index in [-0.39, 0.29) is 6.04 Å². The van der Waals surface area contributed by atoms with Crippen molar-refractivity contribution in [2.75, 3.05) is 12.4 Å². The lowest BCUT2D eigenvalue weighted by molar-refractivity contribution is -0.136. The number of benzene rings is 1. The molecule has 0 spiro atoms. The summed E-state index contributed by atoms with van der Waals surface area (Å²) in [6.07, 6.45) is 0.757. The molecule has 0 fully saturated rings. The van der Waals surface area contributed by atoms with Crippen LogP contribution in [0.5, 0.6) is 5.75 Å². The molecule has 1 aromatic carbocycles. The molecular formula is C13H17ClN2O3. The molecule has 0 aromatic heterocycles. The van der Waals surface area contributed by atoms with Gasteiger partial charge in [-0.3, -0.25) is 9.59 Å². The van der Waals surface area contributed by atoms with Crippen LogP contribution in [0.25, 0.3) is 0 Å². The van der Waals surface area contributed by atoms with E-state index in [1.54, 1.807) is 12.1 Å². The second-order valence-electron chi connectivity index (χ2n) is 4.09. The van der Waals surface area contributed by atoms with E-state index < -0.39 is 11.8 Å². The molecule has 1 unspecified atom stereocenters. The van der Waals surface area contributed by atoms with Gasteiger partial charge in [-0.05, 0) is 31.5 Å². The van der Waals surface area contributed by atoms with Gasteiger partial charge in [0.15, 0.2) is 0 Å². The number of anilines is 1. The van der Waals surface area contributed by atoms with Crippen molar-refractivity contribution in [2.24, 2.45) is 0 Å². The fraction of sp³-hybridized carbons (Fsp3) is 0.385. The highest BCUT2D eigenvalue weighted by atomic mass is 35.5. The third-order valence-corrected chi connectivity index (χ3v) is 2.90. The Kier molecular flexibility index (Phi) is 5.63. The molecule has 19 heavy (non-hydrogen) atoms. The lowest BCUT2D eigenvalue weighted by Gasteiger charge is -2.11. The van der Waals surface area contributed by atoms with Gasteiger partial charge < -0.3 is 15.4 Å². The van der Waals surface area contributed by atoms with Gasteiger partial charge in [0.1, 0.15) is 5.75 Å². The third kappa shape index (κ3) is 4.44. The first-order valence-corrected chi connectivity index (χ1v) is 6.31. The normalized spacial score (nSPS) is 11.6. The maximum absolute atomic E-state index is 11.6. The quantitative estimate of drug-likeness (QED) is 0.833. The molecule has 0 heterocycles. The van der Waals surface area contributed by atoms with Crippen molar-refractivity contribution < 1.29 is 14.3 Å². The maximum Gasteiger partial charge on any atom is 0.313 e. The summed E-state index contributed by atoms with van der Waals surface area (Å²) in [6.45, 7) is 3.75. The number of hydrogen-bond donors (Lipinski definition) is 2. The highest BCUT2D eigenvalue weighted by Crippen LogP contribution is 2.27. The van der Waals surface area contributed by atoms with Gasteiger partial charge in [0.2, 0.25) is 0 Å². The first-order valence-electron chi connectivity index (χ1n) is 5.93. The molecule has 0 aliphatic rings. The van der Waals surface area contributed by atoms with Crippen LogP contribution in [0.15, 0.2) is 18.2 Å². The number of carbonyl (C=O) groups excluding carboxylic acids is 2. The minimum Gasteiger partial charge on any atom is -0.495 e. The molecule has 6 heteroatoms. The largest absolute Gasteiger partial charge is 0.495 e. The lowest BCUT2D eigenvalue weighted by atomic mass is 10.2. The smallest absolute Gasteiger partial charge is 0.313 e. The highest BCUT2D eigenvalue weighted by molar-refractivity contribution is 6.40. The van der Waals surface area contributed by atoms with Crippen molar-refractivity contribution in [3.8, 4) is 5.75 Å². The van der Waals surface area contributed by atoms with Crippen LogP contribution >= 0.6 is 11.6 Å². The Labute approximate surface area is 117 Å². The third-order valence-electron chi connectivity index (χ3n) is 2.61. The van der Waals surface area contributed by atoms with Crippen molar-refractivity contribution in [1.82, 2.24) is 5.32 Å². The molecule has 1 atom stereocenters. The van der Waals surface area contributed by atoms with E-state index in [1.165, 1.54) is 13.2 Å². The maximum atomic E-state index is 11.6. The summed E-state index contributed by atoms with van der Waals surface area (Å²) in [6, 6.07) is 4.70. The minimum atomic E-state index is -0.721. The van der Waals surface area contributed by atoms with Gasteiger partial charge in [0.25, 0.3) is 0 Å². The molecule has 2 N–H and O–H groups in total. The number of methoxy groups -OCH3 is 1. The van der Waals surface area contributed by atoms with Gasteiger partial charge >= 0.3 is 11.8 Å². The molecule has 0 saturated carbocycles. The molecule has 0 aliphatic heterocycles. The van der Waals surface area contributed by atoms with E-state index >= 15 is 0 Å². The standard InChI is InChI=1S/C13H17ClN2O3/c1-4-8(2)15-12(17)13(18)16-9-5-6-11(19-3)10(14)7-9/h5-8H,4H2,1-3H3,(H,15,17)(H,16,18). The monoisotopic (exact) mass is 284 g/mol. The SMILES string of the molecule is CCC(C)NC(=O)C(=O)Nc1ccc(OC)c(Cl)c1. The Morgan fingerprint density at radius 1 is 1.37 bits per heavy atom. The molecule has 0 saturated heterocycles. The fourth-order valence-corrected chi connectivity index (χ4v) is 1.58. The summed E-state index contributed by atoms with van der Waals surface area (Å²) in [5.74, 6) is -0.883. The summed E-state index contributed by atoms with van der Waals surface area (Å²) in [5, 5.41) is 5.41. The lowest BCUT2D eigenvalue weighted by Crippen LogP contribution is -2.40. The second kappa shape index (κ2) is 6.99. The Morgan fingerprint density at radius 2 is 2.05 bits per heavy atom. The highest BCUT2D eigenvalue weighted by Gasteiger charge is 2.15. The number of carbonyl (C=O) groups is 2. The van der Waals surface area contributed by atoms with E-state index in [0.29, 0.717) is 16.5 Å². The number of ether oxygens (including phenoxy) is 1. The van der Waals surface area contributed by atoms with E-state index in [1.807, 2.05) is 13.8 Å². The molecule has 1 aromatic rings. The van der Waals surface area contributed by atoms with Gasteiger partial charge in [0, 0.05) is 11.7 Å². The zero-order chi connectivity index (χ0) is 14.4. The Morgan fingerprint density at radius 3 is 2.58 bits per heavy atom. The van der Waals surface area contributed by atoms with Gasteiger partial charge in [0.05, 0.1) is 12.1 Å². The summed E-state index contributed by atoms with van der Waals surface area (Å²) in [4.78, 5) is 23.2. The number of halogens is 1. The van der Waals surface area contributed by atoms with E-state index in [9.17, 15) is 9.59 Å². The molecule has 0 bridgehead atoms. The van der Waals surface area contributed by atoms with Crippen molar-refractivity contribution in [3.05, 3.63) is 23.2 Å². The van der Waals surface area contributed by atoms with Crippen LogP contribution in [0.1, 0.15) is 20.3 Å². The summed E-state index contributed by atoms with van der Waals surface area (Å²) < 4.78 is 5.00. The predicted molar refractivity (Wildman–Crippen MR) is 74.5 cm³/mol. The molecule has 2 amide bonds. The Hall–Kier alpha value is -1.75. The van der Waals surface area contributed by atoms with Gasteiger partial charge in [-0.25, -0.2) is 0 Å². The average molecular weight is 285 g/mol. The zero-order valence-electron chi connectivity index (χ0n) is 11.1. The molecular weight excluding hydrogens is 268 g/mol. The van der Waals surface area contributed by atoms with Crippen molar-refractivity contribution in [3.63, 3.8) is 0 Å². The average Bonchev–Trinajstić information content (AvgIpc) is 2.38. The number of amides is 2. The van der Waals surface area contributed by atoms with Crippen LogP contribution in [0.3, 0.4) is 0 Å². The topological polar surface area (TPSA) is 67.4 Å². The number of nitrogens with one attached hydrogen (secondary N) is 2. The molecule has 0 radical (unpaired) electrons. The van der Waals surface area contributed by atoms with Gasteiger partial charge in [-0.15, -0.1) is 0 Å². The van der Waals surface area contributed by atoms with Crippen molar-refractivity contribution in [2.45, 2.75) is 26.3 Å². The Bertz CT molecular complexity index is 477. The first-order chi connectivity index (χ1) is 8.97.